The molecule has 0 fully saturated rings. The highest BCUT2D eigenvalue weighted by molar-refractivity contribution is 5.94. The predicted octanol–water partition coefficient (Wildman–Crippen LogP) is 3.56. The van der Waals surface area contributed by atoms with Gasteiger partial charge in [0.1, 0.15) is 0 Å². The van der Waals surface area contributed by atoms with Crippen LogP contribution in [-0.2, 0) is 4.79 Å². The Morgan fingerprint density at radius 1 is 1.05 bits per heavy atom. The zero-order chi connectivity index (χ0) is 14.6. The number of nitrogens with one attached hydrogen (secondary N) is 2. The van der Waals surface area contributed by atoms with Gasteiger partial charge < -0.3 is 10.6 Å². The van der Waals surface area contributed by atoms with Gasteiger partial charge in [-0.05, 0) is 43.7 Å². The molecule has 0 aliphatic heterocycles. The second-order valence-corrected chi connectivity index (χ2v) is 6.04. The molecule has 0 heterocycles. The summed E-state index contributed by atoms with van der Waals surface area (Å²) in [4.78, 5) is 11.9. The number of carbonyl (C=O) groups is 1. The second-order valence-electron chi connectivity index (χ2n) is 6.04. The van der Waals surface area contributed by atoms with E-state index in [4.69, 9.17) is 0 Å². The smallest absolute Gasteiger partial charge is 0.225 e. The summed E-state index contributed by atoms with van der Waals surface area (Å²) in [6.07, 6.45) is 0.476. The molecule has 0 aromatic heterocycles. The first kappa shape index (κ1) is 14.5. The molecule has 3 nitrogen and oxygen atoms in total. The van der Waals surface area contributed by atoms with Gasteiger partial charge in [-0.1, -0.05) is 30.3 Å². The van der Waals surface area contributed by atoms with Gasteiger partial charge in [0.25, 0.3) is 0 Å². The molecule has 1 amide bonds. The van der Waals surface area contributed by atoms with E-state index in [0.29, 0.717) is 13.0 Å². The third kappa shape index (κ3) is 4.35. The molecular formula is C17H22N2O. The Balaban J connectivity index is 1.92. The molecule has 106 valence electrons. The standard InChI is InChI=1S/C17H22N2O/c1-17(2,3)18-11-10-16(20)19-15-9-8-13-6-4-5-7-14(13)12-15/h4-9,12,18H,10-11H2,1-3H3,(H,19,20). The van der Waals surface area contributed by atoms with Crippen molar-refractivity contribution in [3.05, 3.63) is 42.5 Å². The Labute approximate surface area is 120 Å². The molecule has 3 heteroatoms. The van der Waals surface area contributed by atoms with Crippen LogP contribution in [0.5, 0.6) is 0 Å². The van der Waals surface area contributed by atoms with Crippen molar-refractivity contribution >= 4 is 22.4 Å². The van der Waals surface area contributed by atoms with E-state index < -0.39 is 0 Å². The molecule has 0 aliphatic carbocycles. The maximum Gasteiger partial charge on any atom is 0.225 e. The van der Waals surface area contributed by atoms with E-state index in [1.165, 1.54) is 5.39 Å². The molecule has 2 aromatic rings. The van der Waals surface area contributed by atoms with Gasteiger partial charge in [0.2, 0.25) is 5.91 Å². The first-order valence-corrected chi connectivity index (χ1v) is 6.98. The highest BCUT2D eigenvalue weighted by Gasteiger charge is 2.09. The van der Waals surface area contributed by atoms with Crippen molar-refractivity contribution in [2.75, 3.05) is 11.9 Å². The van der Waals surface area contributed by atoms with Crippen LogP contribution in [0.2, 0.25) is 0 Å². The number of benzene rings is 2. The Hall–Kier alpha value is -1.87. The van der Waals surface area contributed by atoms with Gasteiger partial charge in [-0.15, -0.1) is 0 Å². The van der Waals surface area contributed by atoms with Crippen molar-refractivity contribution in [2.24, 2.45) is 0 Å². The van der Waals surface area contributed by atoms with Crippen LogP contribution in [-0.4, -0.2) is 18.0 Å². The summed E-state index contributed by atoms with van der Waals surface area (Å²) in [5, 5.41) is 8.57. The molecule has 2 rings (SSSR count). The maximum atomic E-state index is 11.9. The van der Waals surface area contributed by atoms with Crippen LogP contribution < -0.4 is 10.6 Å². The number of fused-ring (bicyclic) bond motifs is 1. The van der Waals surface area contributed by atoms with E-state index in [1.807, 2.05) is 36.4 Å². The van der Waals surface area contributed by atoms with Crippen LogP contribution in [0.1, 0.15) is 27.2 Å². The highest BCUT2D eigenvalue weighted by atomic mass is 16.1. The molecule has 0 unspecified atom stereocenters. The minimum Gasteiger partial charge on any atom is -0.326 e. The molecule has 0 atom stereocenters. The minimum atomic E-state index is 0.0389. The maximum absolute atomic E-state index is 11.9. The third-order valence-electron chi connectivity index (χ3n) is 3.04. The van der Waals surface area contributed by atoms with Gasteiger partial charge in [-0.3, -0.25) is 4.79 Å². The van der Waals surface area contributed by atoms with E-state index in [9.17, 15) is 4.79 Å². The summed E-state index contributed by atoms with van der Waals surface area (Å²) in [5.41, 5.74) is 0.896. The van der Waals surface area contributed by atoms with E-state index in [0.717, 1.165) is 11.1 Å². The lowest BCUT2D eigenvalue weighted by molar-refractivity contribution is -0.116. The number of anilines is 1. The summed E-state index contributed by atoms with van der Waals surface area (Å²) in [6, 6.07) is 14.1. The second kappa shape index (κ2) is 6.06. The van der Waals surface area contributed by atoms with Gasteiger partial charge in [-0.2, -0.15) is 0 Å². The summed E-state index contributed by atoms with van der Waals surface area (Å²) in [7, 11) is 0. The lowest BCUT2D eigenvalue weighted by atomic mass is 10.1. The number of rotatable bonds is 4. The molecule has 2 N–H and O–H groups in total. The Morgan fingerprint density at radius 3 is 2.45 bits per heavy atom. The number of hydrogen-bond donors (Lipinski definition) is 2. The topological polar surface area (TPSA) is 41.1 Å². The number of carbonyl (C=O) groups excluding carboxylic acids is 1. The monoisotopic (exact) mass is 270 g/mol. The fourth-order valence-corrected chi connectivity index (χ4v) is 2.04. The molecule has 2 aromatic carbocycles. The first-order chi connectivity index (χ1) is 9.44. The fraction of sp³-hybridized carbons (Fsp3) is 0.353. The summed E-state index contributed by atoms with van der Waals surface area (Å²) in [5.74, 6) is 0.0389. The molecular weight excluding hydrogens is 248 g/mol. The quantitative estimate of drug-likeness (QED) is 0.892. The van der Waals surface area contributed by atoms with Crippen LogP contribution >= 0.6 is 0 Å². The van der Waals surface area contributed by atoms with Crippen molar-refractivity contribution in [2.45, 2.75) is 32.7 Å². The van der Waals surface area contributed by atoms with E-state index in [-0.39, 0.29) is 11.4 Å². The molecule has 0 radical (unpaired) electrons. The Morgan fingerprint density at radius 2 is 1.75 bits per heavy atom. The normalized spacial score (nSPS) is 11.6. The zero-order valence-electron chi connectivity index (χ0n) is 12.4. The van der Waals surface area contributed by atoms with Crippen molar-refractivity contribution in [3.63, 3.8) is 0 Å². The first-order valence-electron chi connectivity index (χ1n) is 6.98. The van der Waals surface area contributed by atoms with Crippen molar-refractivity contribution in [1.82, 2.24) is 5.32 Å². The summed E-state index contributed by atoms with van der Waals surface area (Å²) >= 11 is 0. The van der Waals surface area contributed by atoms with E-state index in [2.05, 4.69) is 37.5 Å². The van der Waals surface area contributed by atoms with E-state index in [1.54, 1.807) is 0 Å². The van der Waals surface area contributed by atoms with Gasteiger partial charge in [0.15, 0.2) is 0 Å². The van der Waals surface area contributed by atoms with Gasteiger partial charge in [0.05, 0.1) is 0 Å². The third-order valence-corrected chi connectivity index (χ3v) is 3.04. The van der Waals surface area contributed by atoms with Crippen molar-refractivity contribution in [3.8, 4) is 0 Å². The lowest BCUT2D eigenvalue weighted by Gasteiger charge is -2.20. The average molecular weight is 270 g/mol. The SMILES string of the molecule is CC(C)(C)NCCC(=O)Nc1ccc2ccccc2c1. The number of amides is 1. The van der Waals surface area contributed by atoms with Crippen LogP contribution in [0.25, 0.3) is 10.8 Å². The molecule has 20 heavy (non-hydrogen) atoms. The molecule has 0 spiro atoms. The van der Waals surface area contributed by atoms with Crippen LogP contribution in [0, 0.1) is 0 Å². The molecule has 0 bridgehead atoms. The van der Waals surface area contributed by atoms with Crippen LogP contribution in [0.3, 0.4) is 0 Å². The Bertz CT molecular complexity index is 599. The van der Waals surface area contributed by atoms with Crippen LogP contribution in [0.4, 0.5) is 5.69 Å². The Kier molecular flexibility index (Phi) is 4.40. The molecule has 0 saturated carbocycles. The lowest BCUT2D eigenvalue weighted by Crippen LogP contribution is -2.37. The summed E-state index contributed by atoms with van der Waals surface area (Å²) < 4.78 is 0. The minimum absolute atomic E-state index is 0.0389. The number of hydrogen-bond acceptors (Lipinski definition) is 2. The van der Waals surface area contributed by atoms with Gasteiger partial charge in [-0.25, -0.2) is 0 Å². The predicted molar refractivity (Wildman–Crippen MR) is 85.0 cm³/mol. The largest absolute Gasteiger partial charge is 0.326 e. The highest BCUT2D eigenvalue weighted by Crippen LogP contribution is 2.18. The summed E-state index contributed by atoms with van der Waals surface area (Å²) in [6.45, 7) is 6.96. The van der Waals surface area contributed by atoms with Crippen molar-refractivity contribution in [1.29, 1.82) is 0 Å². The average Bonchev–Trinajstić information content (AvgIpc) is 2.37. The van der Waals surface area contributed by atoms with E-state index >= 15 is 0 Å². The molecule has 0 aliphatic rings. The zero-order valence-corrected chi connectivity index (χ0v) is 12.4. The molecule has 0 saturated heterocycles. The van der Waals surface area contributed by atoms with Gasteiger partial charge in [0, 0.05) is 24.2 Å². The fourth-order valence-electron chi connectivity index (χ4n) is 2.04. The van der Waals surface area contributed by atoms with Gasteiger partial charge >= 0.3 is 0 Å². The van der Waals surface area contributed by atoms with Crippen LogP contribution in [0.15, 0.2) is 42.5 Å². The van der Waals surface area contributed by atoms with Crippen molar-refractivity contribution < 1.29 is 4.79 Å².